The van der Waals surface area contributed by atoms with E-state index in [1.165, 1.54) is 0 Å². The Morgan fingerprint density at radius 1 is 0.821 bits per heavy atom. The number of carbonyl (C=O) groups is 1. The molecule has 138 valence electrons. The van der Waals surface area contributed by atoms with Crippen molar-refractivity contribution in [1.82, 2.24) is 20.1 Å². The molecule has 0 fully saturated rings. The second kappa shape index (κ2) is 8.31. The van der Waals surface area contributed by atoms with Crippen molar-refractivity contribution in [2.75, 3.05) is 6.54 Å². The van der Waals surface area contributed by atoms with Gasteiger partial charge in [0.2, 0.25) is 0 Å². The molecule has 0 spiro atoms. The molecule has 2 heterocycles. The summed E-state index contributed by atoms with van der Waals surface area (Å²) in [7, 11) is 0. The van der Waals surface area contributed by atoms with Crippen LogP contribution in [-0.2, 0) is 6.54 Å². The van der Waals surface area contributed by atoms with Gasteiger partial charge in [-0.15, -0.1) is 0 Å². The first-order chi connectivity index (χ1) is 13.8. The summed E-state index contributed by atoms with van der Waals surface area (Å²) in [6.45, 7) is 1.12. The number of nitrogens with zero attached hydrogens (tertiary/aromatic N) is 3. The molecule has 2 aromatic carbocycles. The summed E-state index contributed by atoms with van der Waals surface area (Å²) in [5.41, 5.74) is 4.80. The van der Waals surface area contributed by atoms with E-state index < -0.39 is 0 Å². The number of amides is 1. The Morgan fingerprint density at radius 3 is 2.29 bits per heavy atom. The van der Waals surface area contributed by atoms with Crippen molar-refractivity contribution in [3.05, 3.63) is 97.0 Å². The molecule has 4 aromatic rings. The number of hydrogen-bond donors (Lipinski definition) is 1. The monoisotopic (exact) mass is 368 g/mol. The maximum atomic E-state index is 12.4. The second-order valence-electron chi connectivity index (χ2n) is 6.40. The molecule has 28 heavy (non-hydrogen) atoms. The van der Waals surface area contributed by atoms with Gasteiger partial charge in [-0.25, -0.2) is 0 Å². The third kappa shape index (κ3) is 4.15. The van der Waals surface area contributed by atoms with Crippen LogP contribution in [-0.4, -0.2) is 27.2 Å². The number of nitrogens with one attached hydrogen (secondary N) is 1. The number of aromatic nitrogens is 3. The summed E-state index contributed by atoms with van der Waals surface area (Å²) >= 11 is 0. The van der Waals surface area contributed by atoms with Crippen LogP contribution in [0.25, 0.3) is 22.4 Å². The largest absolute Gasteiger partial charge is 0.350 e. The molecule has 5 heteroatoms. The summed E-state index contributed by atoms with van der Waals surface area (Å²) in [5, 5.41) is 7.48. The fraction of sp³-hybridized carbons (Fsp3) is 0.0870. The molecule has 0 saturated carbocycles. The maximum Gasteiger partial charge on any atom is 0.251 e. The standard InChI is InChI=1S/C23H20N4O/c28-23(21-8-6-19(7-9-21)18-4-2-1-3-5-18)25-15-17-27-16-12-22(26-27)20-10-13-24-14-11-20/h1-14,16H,15,17H2,(H,25,28). The molecule has 0 saturated heterocycles. The van der Waals surface area contributed by atoms with Gasteiger partial charge in [-0.1, -0.05) is 42.5 Å². The van der Waals surface area contributed by atoms with Gasteiger partial charge in [-0.05, 0) is 41.5 Å². The van der Waals surface area contributed by atoms with Crippen LogP contribution in [0, 0.1) is 0 Å². The van der Waals surface area contributed by atoms with E-state index in [0.717, 1.165) is 22.4 Å². The van der Waals surface area contributed by atoms with Crippen molar-refractivity contribution in [3.63, 3.8) is 0 Å². The highest BCUT2D eigenvalue weighted by Crippen LogP contribution is 2.19. The minimum atomic E-state index is -0.0823. The molecule has 4 rings (SSSR count). The van der Waals surface area contributed by atoms with Crippen molar-refractivity contribution in [2.45, 2.75) is 6.54 Å². The molecule has 1 amide bonds. The lowest BCUT2D eigenvalue weighted by Crippen LogP contribution is -2.27. The molecule has 0 radical (unpaired) electrons. The SMILES string of the molecule is O=C(NCCn1ccc(-c2ccncc2)n1)c1ccc(-c2ccccc2)cc1. The average Bonchev–Trinajstić information content (AvgIpc) is 3.24. The Bertz CT molecular complexity index is 1040. The van der Waals surface area contributed by atoms with E-state index in [4.69, 9.17) is 0 Å². The van der Waals surface area contributed by atoms with Gasteiger partial charge in [0.15, 0.2) is 0 Å². The Hall–Kier alpha value is -3.73. The van der Waals surface area contributed by atoms with Crippen LogP contribution in [0.4, 0.5) is 0 Å². The van der Waals surface area contributed by atoms with E-state index >= 15 is 0 Å². The van der Waals surface area contributed by atoms with Crippen molar-refractivity contribution < 1.29 is 4.79 Å². The number of rotatable bonds is 6. The van der Waals surface area contributed by atoms with E-state index in [9.17, 15) is 4.79 Å². The fourth-order valence-electron chi connectivity index (χ4n) is 2.99. The van der Waals surface area contributed by atoms with E-state index in [1.807, 2.05) is 71.5 Å². The molecule has 0 aliphatic carbocycles. The molecule has 5 nitrogen and oxygen atoms in total. The van der Waals surface area contributed by atoms with Gasteiger partial charge in [-0.3, -0.25) is 14.5 Å². The molecule has 0 aliphatic heterocycles. The summed E-state index contributed by atoms with van der Waals surface area (Å²) < 4.78 is 1.83. The summed E-state index contributed by atoms with van der Waals surface area (Å²) in [6, 6.07) is 23.6. The first kappa shape index (κ1) is 17.7. The summed E-state index contributed by atoms with van der Waals surface area (Å²) in [4.78, 5) is 16.4. The molecular formula is C23H20N4O. The van der Waals surface area contributed by atoms with Crippen molar-refractivity contribution in [3.8, 4) is 22.4 Å². The van der Waals surface area contributed by atoms with Crippen LogP contribution in [0.5, 0.6) is 0 Å². The van der Waals surface area contributed by atoms with Crippen molar-refractivity contribution >= 4 is 5.91 Å². The van der Waals surface area contributed by atoms with E-state index in [-0.39, 0.29) is 5.91 Å². The van der Waals surface area contributed by atoms with Crippen molar-refractivity contribution in [2.24, 2.45) is 0 Å². The van der Waals surface area contributed by atoms with Crippen molar-refractivity contribution in [1.29, 1.82) is 0 Å². The average molecular weight is 368 g/mol. The minimum Gasteiger partial charge on any atom is -0.350 e. The smallest absolute Gasteiger partial charge is 0.251 e. The molecule has 0 unspecified atom stereocenters. The highest BCUT2D eigenvalue weighted by molar-refractivity contribution is 5.94. The highest BCUT2D eigenvalue weighted by Gasteiger charge is 2.06. The molecule has 1 N–H and O–H groups in total. The van der Waals surface area contributed by atoms with Crippen LogP contribution in [0.2, 0.25) is 0 Å². The Labute approximate surface area is 163 Å². The second-order valence-corrected chi connectivity index (χ2v) is 6.40. The lowest BCUT2D eigenvalue weighted by Gasteiger charge is -2.07. The Morgan fingerprint density at radius 2 is 1.54 bits per heavy atom. The van der Waals surface area contributed by atoms with Gasteiger partial charge in [0.25, 0.3) is 5.91 Å². The number of hydrogen-bond acceptors (Lipinski definition) is 3. The minimum absolute atomic E-state index is 0.0823. The lowest BCUT2D eigenvalue weighted by molar-refractivity contribution is 0.0952. The van der Waals surface area contributed by atoms with E-state index in [0.29, 0.717) is 18.7 Å². The Balaban J connectivity index is 1.32. The molecule has 0 atom stereocenters. The van der Waals surface area contributed by atoms with Gasteiger partial charge < -0.3 is 5.32 Å². The summed E-state index contributed by atoms with van der Waals surface area (Å²) in [5.74, 6) is -0.0823. The van der Waals surface area contributed by atoms with Crippen LogP contribution >= 0.6 is 0 Å². The third-order valence-electron chi connectivity index (χ3n) is 4.50. The maximum absolute atomic E-state index is 12.4. The predicted octanol–water partition coefficient (Wildman–Crippen LogP) is 4.04. The van der Waals surface area contributed by atoms with Gasteiger partial charge in [0.05, 0.1) is 12.2 Å². The Kier molecular flexibility index (Phi) is 5.24. The van der Waals surface area contributed by atoms with Crippen LogP contribution in [0.15, 0.2) is 91.4 Å². The van der Waals surface area contributed by atoms with Crippen LogP contribution in [0.3, 0.4) is 0 Å². The third-order valence-corrected chi connectivity index (χ3v) is 4.50. The van der Waals surface area contributed by atoms with Gasteiger partial charge in [-0.2, -0.15) is 5.10 Å². The topological polar surface area (TPSA) is 59.8 Å². The van der Waals surface area contributed by atoms with E-state index in [2.05, 4.69) is 27.5 Å². The van der Waals surface area contributed by atoms with Gasteiger partial charge in [0, 0.05) is 36.3 Å². The zero-order valence-corrected chi connectivity index (χ0v) is 15.3. The van der Waals surface area contributed by atoms with Crippen LogP contribution in [0.1, 0.15) is 10.4 Å². The normalized spacial score (nSPS) is 10.6. The highest BCUT2D eigenvalue weighted by atomic mass is 16.1. The zero-order valence-electron chi connectivity index (χ0n) is 15.3. The van der Waals surface area contributed by atoms with Gasteiger partial charge in [0.1, 0.15) is 0 Å². The number of benzene rings is 2. The predicted molar refractivity (Wildman–Crippen MR) is 110 cm³/mol. The molecular weight excluding hydrogens is 348 g/mol. The zero-order chi connectivity index (χ0) is 19.2. The lowest BCUT2D eigenvalue weighted by atomic mass is 10.0. The first-order valence-corrected chi connectivity index (χ1v) is 9.17. The van der Waals surface area contributed by atoms with E-state index in [1.54, 1.807) is 12.4 Å². The summed E-state index contributed by atoms with van der Waals surface area (Å²) in [6.07, 6.45) is 5.41. The first-order valence-electron chi connectivity index (χ1n) is 9.17. The number of carbonyl (C=O) groups excluding carboxylic acids is 1. The molecule has 0 aliphatic rings. The number of pyridine rings is 1. The van der Waals surface area contributed by atoms with Crippen LogP contribution < -0.4 is 5.32 Å². The quantitative estimate of drug-likeness (QED) is 0.559. The molecule has 0 bridgehead atoms. The fourth-order valence-corrected chi connectivity index (χ4v) is 2.99. The molecule has 2 aromatic heterocycles. The van der Waals surface area contributed by atoms with Gasteiger partial charge >= 0.3 is 0 Å².